The topological polar surface area (TPSA) is 32.3 Å². The molecule has 2 aromatic rings. The van der Waals surface area contributed by atoms with E-state index in [-0.39, 0.29) is 0 Å². The standard InChI is InChI=1S/C17H22N4S/c1-2-6-18-15(3-1)11-20-7-9-21(10-8-20)12-16-13-22-17(19-16)14-4-5-14/h1-3,6,13-14H,4-5,7-12H2. The Hall–Kier alpha value is -1.30. The van der Waals surface area contributed by atoms with Gasteiger partial charge in [0, 0.05) is 56.8 Å². The molecular weight excluding hydrogens is 292 g/mol. The van der Waals surface area contributed by atoms with Crippen molar-refractivity contribution < 1.29 is 0 Å². The van der Waals surface area contributed by atoms with Gasteiger partial charge in [0.15, 0.2) is 0 Å². The molecule has 22 heavy (non-hydrogen) atoms. The maximum atomic E-state index is 4.81. The molecule has 4 rings (SSSR count). The fraction of sp³-hybridized carbons (Fsp3) is 0.529. The first-order valence-electron chi connectivity index (χ1n) is 8.16. The molecule has 3 heterocycles. The summed E-state index contributed by atoms with van der Waals surface area (Å²) in [5, 5.41) is 3.62. The quantitative estimate of drug-likeness (QED) is 0.849. The number of hydrogen-bond donors (Lipinski definition) is 0. The van der Waals surface area contributed by atoms with Crippen molar-refractivity contribution in [3.05, 3.63) is 46.2 Å². The lowest BCUT2D eigenvalue weighted by Gasteiger charge is -2.34. The lowest BCUT2D eigenvalue weighted by Crippen LogP contribution is -2.45. The molecule has 0 atom stereocenters. The van der Waals surface area contributed by atoms with E-state index < -0.39 is 0 Å². The Bertz CT molecular complexity index is 600. The number of pyridine rings is 1. The molecule has 1 saturated carbocycles. The third-order valence-corrected chi connectivity index (χ3v) is 5.51. The lowest BCUT2D eigenvalue weighted by atomic mass is 10.2. The van der Waals surface area contributed by atoms with Gasteiger partial charge in [0.05, 0.1) is 16.4 Å². The smallest absolute Gasteiger partial charge is 0.0959 e. The third-order valence-electron chi connectivity index (χ3n) is 4.46. The second-order valence-electron chi connectivity index (χ2n) is 6.32. The highest BCUT2D eigenvalue weighted by molar-refractivity contribution is 7.09. The van der Waals surface area contributed by atoms with Crippen molar-refractivity contribution in [3.63, 3.8) is 0 Å². The molecule has 2 aromatic heterocycles. The predicted octanol–water partition coefficient (Wildman–Crippen LogP) is 2.73. The molecule has 116 valence electrons. The molecule has 0 bridgehead atoms. The highest BCUT2D eigenvalue weighted by atomic mass is 32.1. The number of aromatic nitrogens is 2. The van der Waals surface area contributed by atoms with E-state index in [1.54, 1.807) is 0 Å². The minimum absolute atomic E-state index is 0.786. The van der Waals surface area contributed by atoms with Crippen LogP contribution in [0.4, 0.5) is 0 Å². The molecule has 5 heteroatoms. The average molecular weight is 314 g/mol. The summed E-state index contributed by atoms with van der Waals surface area (Å²) in [6.45, 7) is 6.48. The van der Waals surface area contributed by atoms with Crippen LogP contribution in [0.3, 0.4) is 0 Å². The summed E-state index contributed by atoms with van der Waals surface area (Å²) in [5.41, 5.74) is 2.44. The van der Waals surface area contributed by atoms with Crippen LogP contribution < -0.4 is 0 Å². The van der Waals surface area contributed by atoms with Crippen LogP contribution in [-0.2, 0) is 13.1 Å². The van der Waals surface area contributed by atoms with Crippen molar-refractivity contribution in [2.24, 2.45) is 0 Å². The molecule has 2 fully saturated rings. The first-order chi connectivity index (χ1) is 10.9. The zero-order chi connectivity index (χ0) is 14.8. The first kappa shape index (κ1) is 14.3. The minimum Gasteiger partial charge on any atom is -0.295 e. The molecule has 0 N–H and O–H groups in total. The first-order valence-corrected chi connectivity index (χ1v) is 9.04. The molecule has 0 radical (unpaired) electrons. The van der Waals surface area contributed by atoms with Gasteiger partial charge in [-0.2, -0.15) is 0 Å². The van der Waals surface area contributed by atoms with Crippen molar-refractivity contribution in [2.45, 2.75) is 31.8 Å². The summed E-state index contributed by atoms with van der Waals surface area (Å²) >= 11 is 1.85. The van der Waals surface area contributed by atoms with Crippen molar-refractivity contribution in [1.29, 1.82) is 0 Å². The molecular formula is C17H22N4S. The normalized spacial score (nSPS) is 20.4. The van der Waals surface area contributed by atoms with Crippen molar-refractivity contribution in [1.82, 2.24) is 19.8 Å². The molecule has 0 spiro atoms. The zero-order valence-electron chi connectivity index (χ0n) is 12.8. The molecule has 0 aromatic carbocycles. The van der Waals surface area contributed by atoms with Crippen LogP contribution >= 0.6 is 11.3 Å². The van der Waals surface area contributed by atoms with E-state index in [4.69, 9.17) is 4.98 Å². The van der Waals surface area contributed by atoms with Crippen molar-refractivity contribution in [2.75, 3.05) is 26.2 Å². The van der Waals surface area contributed by atoms with E-state index in [9.17, 15) is 0 Å². The summed E-state index contributed by atoms with van der Waals surface area (Å²) in [6, 6.07) is 6.16. The molecule has 0 amide bonds. The Kier molecular flexibility index (Phi) is 4.19. The summed E-state index contributed by atoms with van der Waals surface area (Å²) < 4.78 is 0. The number of nitrogens with zero attached hydrogens (tertiary/aromatic N) is 4. The fourth-order valence-corrected chi connectivity index (χ4v) is 3.95. The summed E-state index contributed by atoms with van der Waals surface area (Å²) in [6.07, 6.45) is 4.57. The SMILES string of the molecule is c1ccc(CN2CCN(Cc3csc(C4CC4)n3)CC2)nc1. The van der Waals surface area contributed by atoms with E-state index >= 15 is 0 Å². The van der Waals surface area contributed by atoms with Crippen molar-refractivity contribution >= 4 is 11.3 Å². The van der Waals surface area contributed by atoms with Crippen molar-refractivity contribution in [3.8, 4) is 0 Å². The molecule has 0 unspecified atom stereocenters. The third kappa shape index (κ3) is 3.54. The highest BCUT2D eigenvalue weighted by Gasteiger charge is 2.27. The Morgan fingerprint density at radius 2 is 1.73 bits per heavy atom. The van der Waals surface area contributed by atoms with E-state index in [0.29, 0.717) is 0 Å². The van der Waals surface area contributed by atoms with Crippen LogP contribution in [-0.4, -0.2) is 45.9 Å². The Labute approximate surface area is 135 Å². The summed E-state index contributed by atoms with van der Waals surface area (Å²) in [4.78, 5) is 14.3. The van der Waals surface area contributed by atoms with Gasteiger partial charge in [0.25, 0.3) is 0 Å². The second kappa shape index (κ2) is 6.44. The number of hydrogen-bond acceptors (Lipinski definition) is 5. The van der Waals surface area contributed by atoms with Crippen LogP contribution in [0.5, 0.6) is 0 Å². The van der Waals surface area contributed by atoms with Crippen LogP contribution in [0.15, 0.2) is 29.8 Å². The minimum atomic E-state index is 0.786. The van der Waals surface area contributed by atoms with Gasteiger partial charge < -0.3 is 0 Å². The van der Waals surface area contributed by atoms with Gasteiger partial charge in [-0.15, -0.1) is 11.3 Å². The van der Waals surface area contributed by atoms with Gasteiger partial charge in [-0.1, -0.05) is 6.07 Å². The molecule has 1 saturated heterocycles. The maximum Gasteiger partial charge on any atom is 0.0959 e. The van der Waals surface area contributed by atoms with E-state index in [1.807, 2.05) is 23.6 Å². The summed E-state index contributed by atoms with van der Waals surface area (Å²) in [5.74, 6) is 0.786. The Morgan fingerprint density at radius 3 is 2.36 bits per heavy atom. The zero-order valence-corrected chi connectivity index (χ0v) is 13.6. The fourth-order valence-electron chi connectivity index (χ4n) is 2.97. The molecule has 2 aliphatic rings. The Balaban J connectivity index is 1.26. The van der Waals surface area contributed by atoms with Gasteiger partial charge in [-0.3, -0.25) is 14.8 Å². The average Bonchev–Trinajstić information content (AvgIpc) is 3.30. The number of thiazole rings is 1. The lowest BCUT2D eigenvalue weighted by molar-refractivity contribution is 0.120. The maximum absolute atomic E-state index is 4.81. The van der Waals surface area contributed by atoms with E-state index in [2.05, 4.69) is 32.3 Å². The van der Waals surface area contributed by atoms with Gasteiger partial charge >= 0.3 is 0 Å². The molecule has 4 nitrogen and oxygen atoms in total. The highest BCUT2D eigenvalue weighted by Crippen LogP contribution is 2.41. The van der Waals surface area contributed by atoms with E-state index in [0.717, 1.165) is 45.2 Å². The van der Waals surface area contributed by atoms with Gasteiger partial charge in [0.1, 0.15) is 0 Å². The number of rotatable bonds is 5. The molecule has 1 aliphatic heterocycles. The van der Waals surface area contributed by atoms with Crippen LogP contribution in [0, 0.1) is 0 Å². The number of piperazine rings is 1. The Morgan fingerprint density at radius 1 is 1.00 bits per heavy atom. The summed E-state index contributed by atoms with van der Waals surface area (Å²) in [7, 11) is 0. The monoisotopic (exact) mass is 314 g/mol. The largest absolute Gasteiger partial charge is 0.295 e. The molecule has 1 aliphatic carbocycles. The van der Waals surface area contributed by atoms with Gasteiger partial charge in [-0.25, -0.2) is 4.98 Å². The van der Waals surface area contributed by atoms with Crippen LogP contribution in [0.2, 0.25) is 0 Å². The van der Waals surface area contributed by atoms with Gasteiger partial charge in [0.2, 0.25) is 0 Å². The van der Waals surface area contributed by atoms with Crippen LogP contribution in [0.25, 0.3) is 0 Å². The predicted molar refractivity (Wildman–Crippen MR) is 88.9 cm³/mol. The second-order valence-corrected chi connectivity index (χ2v) is 7.21. The van der Waals surface area contributed by atoms with E-state index in [1.165, 1.54) is 29.2 Å². The van der Waals surface area contributed by atoms with Crippen LogP contribution in [0.1, 0.15) is 35.2 Å². The van der Waals surface area contributed by atoms with Gasteiger partial charge in [-0.05, 0) is 25.0 Å².